The van der Waals surface area contributed by atoms with Gasteiger partial charge in [-0.2, -0.15) is 0 Å². The normalized spacial score (nSPS) is 19.1. The molecule has 0 aromatic rings. The maximum absolute atomic E-state index is 11.5. The first-order chi connectivity index (χ1) is 7.22. The first kappa shape index (κ1) is 12.5. The Bertz CT molecular complexity index is 188. The highest BCUT2D eigenvalue weighted by Crippen LogP contribution is 2.17. The van der Waals surface area contributed by atoms with Crippen molar-refractivity contribution in [3.63, 3.8) is 0 Å². The van der Waals surface area contributed by atoms with Gasteiger partial charge >= 0.3 is 0 Å². The zero-order valence-corrected chi connectivity index (χ0v) is 10.0. The molecule has 88 valence electrons. The van der Waals surface area contributed by atoms with Crippen molar-refractivity contribution in [2.45, 2.75) is 64.5 Å². The molecule has 0 bridgehead atoms. The summed E-state index contributed by atoms with van der Waals surface area (Å²) >= 11 is 0. The molecule has 1 saturated carbocycles. The van der Waals surface area contributed by atoms with E-state index in [9.17, 15) is 4.79 Å². The predicted molar refractivity (Wildman–Crippen MR) is 62.8 cm³/mol. The van der Waals surface area contributed by atoms with Gasteiger partial charge in [0.05, 0.1) is 6.54 Å². The summed E-state index contributed by atoms with van der Waals surface area (Å²) in [5.74, 6) is 0.142. The Morgan fingerprint density at radius 3 is 2.67 bits per heavy atom. The number of hydrogen-bond donors (Lipinski definition) is 2. The van der Waals surface area contributed by atoms with Gasteiger partial charge < -0.3 is 10.6 Å². The van der Waals surface area contributed by atoms with E-state index in [0.717, 1.165) is 12.8 Å². The van der Waals surface area contributed by atoms with Crippen molar-refractivity contribution < 1.29 is 4.79 Å². The first-order valence-corrected chi connectivity index (χ1v) is 6.25. The molecule has 2 N–H and O–H groups in total. The largest absolute Gasteiger partial charge is 0.353 e. The third-order valence-corrected chi connectivity index (χ3v) is 3.04. The topological polar surface area (TPSA) is 41.1 Å². The summed E-state index contributed by atoms with van der Waals surface area (Å²) < 4.78 is 0. The van der Waals surface area contributed by atoms with Crippen LogP contribution in [-0.4, -0.2) is 24.5 Å². The van der Waals surface area contributed by atoms with Gasteiger partial charge in [-0.25, -0.2) is 0 Å². The third-order valence-electron chi connectivity index (χ3n) is 3.04. The molecule has 1 amide bonds. The van der Waals surface area contributed by atoms with Crippen molar-refractivity contribution in [1.82, 2.24) is 10.6 Å². The van der Waals surface area contributed by atoms with Gasteiger partial charge in [0.2, 0.25) is 5.91 Å². The smallest absolute Gasteiger partial charge is 0.234 e. The van der Waals surface area contributed by atoms with E-state index in [2.05, 4.69) is 24.5 Å². The zero-order chi connectivity index (χ0) is 11.1. The lowest BCUT2D eigenvalue weighted by Crippen LogP contribution is -2.41. The molecule has 3 nitrogen and oxygen atoms in total. The van der Waals surface area contributed by atoms with Crippen LogP contribution in [0.1, 0.15) is 52.4 Å². The number of rotatable bonds is 6. The van der Waals surface area contributed by atoms with Gasteiger partial charge in [0, 0.05) is 12.1 Å². The summed E-state index contributed by atoms with van der Waals surface area (Å²) in [6, 6.07) is 0.894. The molecule has 0 aromatic heterocycles. The van der Waals surface area contributed by atoms with Gasteiger partial charge in [-0.3, -0.25) is 4.79 Å². The summed E-state index contributed by atoms with van der Waals surface area (Å²) in [4.78, 5) is 11.5. The Morgan fingerprint density at radius 1 is 1.40 bits per heavy atom. The van der Waals surface area contributed by atoms with Crippen LogP contribution in [0.15, 0.2) is 0 Å². The van der Waals surface area contributed by atoms with E-state index < -0.39 is 0 Å². The van der Waals surface area contributed by atoms with Crippen LogP contribution < -0.4 is 10.6 Å². The Morgan fingerprint density at radius 2 is 2.07 bits per heavy atom. The Balaban J connectivity index is 2.07. The molecule has 0 aromatic carbocycles. The second-order valence-electron chi connectivity index (χ2n) is 4.62. The monoisotopic (exact) mass is 212 g/mol. The molecule has 1 aliphatic carbocycles. The second kappa shape index (κ2) is 6.83. The zero-order valence-electron chi connectivity index (χ0n) is 10.0. The van der Waals surface area contributed by atoms with Crippen molar-refractivity contribution in [3.05, 3.63) is 0 Å². The van der Waals surface area contributed by atoms with Crippen LogP contribution in [0.2, 0.25) is 0 Å². The fourth-order valence-electron chi connectivity index (χ4n) is 2.20. The van der Waals surface area contributed by atoms with Gasteiger partial charge in [-0.15, -0.1) is 0 Å². The molecule has 0 saturated heterocycles. The molecule has 1 fully saturated rings. The molecule has 1 atom stereocenters. The molecule has 0 radical (unpaired) electrons. The summed E-state index contributed by atoms with van der Waals surface area (Å²) in [5.41, 5.74) is 0. The molecule has 1 rings (SSSR count). The quantitative estimate of drug-likeness (QED) is 0.705. The predicted octanol–water partition coefficient (Wildman–Crippen LogP) is 1.82. The van der Waals surface area contributed by atoms with E-state index in [0.29, 0.717) is 18.6 Å². The van der Waals surface area contributed by atoms with Crippen molar-refractivity contribution in [2.24, 2.45) is 0 Å². The lowest BCUT2D eigenvalue weighted by atomic mass is 10.2. The van der Waals surface area contributed by atoms with E-state index in [4.69, 9.17) is 0 Å². The molecule has 15 heavy (non-hydrogen) atoms. The summed E-state index contributed by atoms with van der Waals surface area (Å²) in [6.45, 7) is 4.69. The third kappa shape index (κ3) is 5.17. The molecule has 1 aliphatic rings. The summed E-state index contributed by atoms with van der Waals surface area (Å²) in [5, 5.41) is 6.32. The van der Waals surface area contributed by atoms with Crippen molar-refractivity contribution in [1.29, 1.82) is 0 Å². The van der Waals surface area contributed by atoms with E-state index >= 15 is 0 Å². The molecule has 0 spiro atoms. The number of nitrogens with one attached hydrogen (secondary N) is 2. The van der Waals surface area contributed by atoms with Crippen molar-refractivity contribution in [3.8, 4) is 0 Å². The Kier molecular flexibility index (Phi) is 5.69. The second-order valence-corrected chi connectivity index (χ2v) is 4.62. The van der Waals surface area contributed by atoms with E-state index in [1.807, 2.05) is 0 Å². The lowest BCUT2D eigenvalue weighted by Gasteiger charge is -2.15. The van der Waals surface area contributed by atoms with Crippen LogP contribution in [0.5, 0.6) is 0 Å². The highest BCUT2D eigenvalue weighted by atomic mass is 16.1. The SMILES string of the molecule is CCCC(C)NC(=O)CNC1CCCC1. The van der Waals surface area contributed by atoms with E-state index in [-0.39, 0.29) is 5.91 Å². The molecule has 0 aliphatic heterocycles. The summed E-state index contributed by atoms with van der Waals surface area (Å²) in [7, 11) is 0. The van der Waals surface area contributed by atoms with Gasteiger partial charge in [-0.1, -0.05) is 26.2 Å². The minimum absolute atomic E-state index is 0.142. The first-order valence-electron chi connectivity index (χ1n) is 6.25. The highest BCUT2D eigenvalue weighted by Gasteiger charge is 2.15. The number of hydrogen-bond acceptors (Lipinski definition) is 2. The van der Waals surface area contributed by atoms with Gasteiger partial charge in [0.25, 0.3) is 0 Å². The number of amides is 1. The van der Waals surface area contributed by atoms with Gasteiger partial charge in [0.1, 0.15) is 0 Å². The van der Waals surface area contributed by atoms with Crippen LogP contribution in [0.3, 0.4) is 0 Å². The van der Waals surface area contributed by atoms with Crippen LogP contribution in [-0.2, 0) is 4.79 Å². The number of carbonyl (C=O) groups is 1. The maximum Gasteiger partial charge on any atom is 0.234 e. The molecule has 1 unspecified atom stereocenters. The fourth-order valence-corrected chi connectivity index (χ4v) is 2.20. The Labute approximate surface area is 93.0 Å². The molecular weight excluding hydrogens is 188 g/mol. The van der Waals surface area contributed by atoms with Crippen molar-refractivity contribution >= 4 is 5.91 Å². The summed E-state index contributed by atoms with van der Waals surface area (Å²) in [6.07, 6.45) is 7.28. The van der Waals surface area contributed by atoms with Crippen LogP contribution in [0.25, 0.3) is 0 Å². The van der Waals surface area contributed by atoms with Crippen LogP contribution in [0.4, 0.5) is 0 Å². The van der Waals surface area contributed by atoms with Crippen LogP contribution in [0, 0.1) is 0 Å². The standard InChI is InChI=1S/C12H24N2O/c1-3-6-10(2)14-12(15)9-13-11-7-4-5-8-11/h10-11,13H,3-9H2,1-2H3,(H,14,15). The van der Waals surface area contributed by atoms with Crippen molar-refractivity contribution in [2.75, 3.05) is 6.54 Å². The van der Waals surface area contributed by atoms with Crippen LogP contribution >= 0.6 is 0 Å². The van der Waals surface area contributed by atoms with E-state index in [1.165, 1.54) is 25.7 Å². The van der Waals surface area contributed by atoms with Gasteiger partial charge in [-0.05, 0) is 26.2 Å². The lowest BCUT2D eigenvalue weighted by molar-refractivity contribution is -0.121. The molecule has 3 heteroatoms. The Hall–Kier alpha value is -0.570. The highest BCUT2D eigenvalue weighted by molar-refractivity contribution is 5.78. The molecule has 0 heterocycles. The van der Waals surface area contributed by atoms with E-state index in [1.54, 1.807) is 0 Å². The average Bonchev–Trinajstić information content (AvgIpc) is 2.67. The fraction of sp³-hybridized carbons (Fsp3) is 0.917. The number of carbonyl (C=O) groups excluding carboxylic acids is 1. The minimum atomic E-state index is 0.142. The minimum Gasteiger partial charge on any atom is -0.353 e. The van der Waals surface area contributed by atoms with Gasteiger partial charge in [0.15, 0.2) is 0 Å². The maximum atomic E-state index is 11.5. The average molecular weight is 212 g/mol. The molecular formula is C12H24N2O.